The van der Waals surface area contributed by atoms with Crippen molar-refractivity contribution in [3.63, 3.8) is 0 Å². The van der Waals surface area contributed by atoms with Crippen molar-refractivity contribution in [2.24, 2.45) is 0 Å². The van der Waals surface area contributed by atoms with Gasteiger partial charge in [-0.05, 0) is 37.2 Å². The standard InChI is InChI=1S/C16H27N3O/c1-16(2,3)13-6-8-14(9-7-13)18-15(20)12-17-10-11-19(4)5/h6-9,17H,10-12H2,1-5H3,(H,18,20). The van der Waals surface area contributed by atoms with E-state index >= 15 is 0 Å². The molecule has 20 heavy (non-hydrogen) atoms. The van der Waals surface area contributed by atoms with Gasteiger partial charge in [0.25, 0.3) is 0 Å². The zero-order chi connectivity index (χ0) is 15.2. The van der Waals surface area contributed by atoms with Crippen LogP contribution >= 0.6 is 0 Å². The lowest BCUT2D eigenvalue weighted by atomic mass is 9.87. The molecule has 4 heteroatoms. The van der Waals surface area contributed by atoms with E-state index in [-0.39, 0.29) is 11.3 Å². The Labute approximate surface area is 122 Å². The zero-order valence-corrected chi connectivity index (χ0v) is 13.3. The Bertz CT molecular complexity index is 418. The van der Waals surface area contributed by atoms with Gasteiger partial charge >= 0.3 is 0 Å². The summed E-state index contributed by atoms with van der Waals surface area (Å²) >= 11 is 0. The van der Waals surface area contributed by atoms with Crippen molar-refractivity contribution in [3.05, 3.63) is 29.8 Å². The molecule has 0 aliphatic rings. The van der Waals surface area contributed by atoms with Gasteiger partial charge in [0.15, 0.2) is 0 Å². The van der Waals surface area contributed by atoms with Crippen LogP contribution in [0.1, 0.15) is 26.3 Å². The lowest BCUT2D eigenvalue weighted by molar-refractivity contribution is -0.115. The molecule has 1 aromatic carbocycles. The number of likely N-dealkylation sites (N-methyl/N-ethyl adjacent to an activating group) is 1. The van der Waals surface area contributed by atoms with Crippen LogP contribution in [0, 0.1) is 0 Å². The molecule has 0 saturated heterocycles. The quantitative estimate of drug-likeness (QED) is 0.783. The maximum absolute atomic E-state index is 11.8. The summed E-state index contributed by atoms with van der Waals surface area (Å²) in [5.74, 6) is -0.00716. The van der Waals surface area contributed by atoms with Crippen LogP contribution in [0.15, 0.2) is 24.3 Å². The highest BCUT2D eigenvalue weighted by molar-refractivity contribution is 5.92. The minimum absolute atomic E-state index is 0.00716. The zero-order valence-electron chi connectivity index (χ0n) is 13.3. The van der Waals surface area contributed by atoms with Crippen LogP contribution < -0.4 is 10.6 Å². The molecule has 0 aliphatic heterocycles. The Kier molecular flexibility index (Phi) is 6.17. The first-order valence-electron chi connectivity index (χ1n) is 7.05. The number of hydrogen-bond donors (Lipinski definition) is 2. The monoisotopic (exact) mass is 277 g/mol. The summed E-state index contributed by atoms with van der Waals surface area (Å²) in [6.45, 7) is 8.60. The topological polar surface area (TPSA) is 44.4 Å². The van der Waals surface area contributed by atoms with Crippen molar-refractivity contribution >= 4 is 11.6 Å². The molecule has 0 aromatic heterocycles. The fourth-order valence-electron chi connectivity index (χ4n) is 1.76. The molecule has 2 N–H and O–H groups in total. The third kappa shape index (κ3) is 6.17. The van der Waals surface area contributed by atoms with E-state index in [9.17, 15) is 4.79 Å². The molecule has 0 bridgehead atoms. The van der Waals surface area contributed by atoms with Gasteiger partial charge in [-0.15, -0.1) is 0 Å². The largest absolute Gasteiger partial charge is 0.325 e. The van der Waals surface area contributed by atoms with Crippen molar-refractivity contribution in [1.29, 1.82) is 0 Å². The summed E-state index contributed by atoms with van der Waals surface area (Å²) in [5.41, 5.74) is 2.24. The molecule has 1 rings (SSSR count). The number of benzene rings is 1. The second-order valence-electron chi connectivity index (χ2n) is 6.36. The molecule has 0 unspecified atom stereocenters. The molecule has 112 valence electrons. The van der Waals surface area contributed by atoms with Crippen LogP contribution in [-0.4, -0.2) is 44.5 Å². The fraction of sp³-hybridized carbons (Fsp3) is 0.562. The van der Waals surface area contributed by atoms with Crippen molar-refractivity contribution in [2.45, 2.75) is 26.2 Å². The Balaban J connectivity index is 2.39. The van der Waals surface area contributed by atoms with Gasteiger partial charge in [0.1, 0.15) is 0 Å². The molecule has 0 heterocycles. The summed E-state index contributed by atoms with van der Waals surface area (Å²) < 4.78 is 0. The number of carbonyl (C=O) groups excluding carboxylic acids is 1. The summed E-state index contributed by atoms with van der Waals surface area (Å²) in [6, 6.07) is 8.04. The van der Waals surface area contributed by atoms with Gasteiger partial charge in [-0.2, -0.15) is 0 Å². The highest BCUT2D eigenvalue weighted by Gasteiger charge is 2.13. The van der Waals surface area contributed by atoms with E-state index < -0.39 is 0 Å². The highest BCUT2D eigenvalue weighted by Crippen LogP contribution is 2.23. The lowest BCUT2D eigenvalue weighted by Crippen LogP contribution is -2.33. The van der Waals surface area contributed by atoms with E-state index in [1.165, 1.54) is 5.56 Å². The molecule has 0 radical (unpaired) electrons. The Hall–Kier alpha value is -1.39. The lowest BCUT2D eigenvalue weighted by Gasteiger charge is -2.19. The van der Waals surface area contributed by atoms with E-state index in [0.29, 0.717) is 6.54 Å². The van der Waals surface area contributed by atoms with E-state index in [1.54, 1.807) is 0 Å². The maximum Gasteiger partial charge on any atom is 0.238 e. The van der Waals surface area contributed by atoms with Crippen molar-refractivity contribution in [3.8, 4) is 0 Å². The van der Waals surface area contributed by atoms with Crippen LogP contribution in [0.4, 0.5) is 5.69 Å². The van der Waals surface area contributed by atoms with Crippen molar-refractivity contribution in [2.75, 3.05) is 39.0 Å². The minimum atomic E-state index is -0.00716. The number of hydrogen-bond acceptors (Lipinski definition) is 3. The molecule has 0 saturated carbocycles. The number of nitrogens with one attached hydrogen (secondary N) is 2. The number of nitrogens with zero attached hydrogens (tertiary/aromatic N) is 1. The van der Waals surface area contributed by atoms with Gasteiger partial charge in [-0.3, -0.25) is 4.79 Å². The molecule has 0 aliphatic carbocycles. The third-order valence-electron chi connectivity index (χ3n) is 3.06. The van der Waals surface area contributed by atoms with Gasteiger partial charge in [-0.1, -0.05) is 32.9 Å². The van der Waals surface area contributed by atoms with Crippen LogP contribution in [0.5, 0.6) is 0 Å². The van der Waals surface area contributed by atoms with E-state index in [0.717, 1.165) is 18.8 Å². The maximum atomic E-state index is 11.8. The van der Waals surface area contributed by atoms with Gasteiger partial charge < -0.3 is 15.5 Å². The second kappa shape index (κ2) is 7.41. The Morgan fingerprint density at radius 2 is 1.75 bits per heavy atom. The number of carbonyl (C=O) groups is 1. The molecule has 0 fully saturated rings. The fourth-order valence-corrected chi connectivity index (χ4v) is 1.76. The summed E-state index contributed by atoms with van der Waals surface area (Å²) in [4.78, 5) is 13.8. The second-order valence-corrected chi connectivity index (χ2v) is 6.36. The van der Waals surface area contributed by atoms with E-state index in [1.807, 2.05) is 26.2 Å². The van der Waals surface area contributed by atoms with E-state index in [4.69, 9.17) is 0 Å². The van der Waals surface area contributed by atoms with Gasteiger partial charge in [0.05, 0.1) is 6.54 Å². The number of rotatable bonds is 6. The molecule has 0 spiro atoms. The average molecular weight is 277 g/mol. The number of anilines is 1. The first-order chi connectivity index (χ1) is 9.29. The number of amides is 1. The van der Waals surface area contributed by atoms with Gasteiger partial charge in [0, 0.05) is 18.8 Å². The Morgan fingerprint density at radius 1 is 1.15 bits per heavy atom. The van der Waals surface area contributed by atoms with E-state index in [2.05, 4.69) is 48.4 Å². The van der Waals surface area contributed by atoms with Crippen LogP contribution in [0.2, 0.25) is 0 Å². The van der Waals surface area contributed by atoms with Crippen LogP contribution in [0.3, 0.4) is 0 Å². The average Bonchev–Trinajstić information content (AvgIpc) is 2.34. The Morgan fingerprint density at radius 3 is 2.25 bits per heavy atom. The first kappa shape index (κ1) is 16.7. The molecular weight excluding hydrogens is 250 g/mol. The molecule has 1 amide bonds. The van der Waals surface area contributed by atoms with Crippen molar-refractivity contribution in [1.82, 2.24) is 10.2 Å². The SMILES string of the molecule is CN(C)CCNCC(=O)Nc1ccc(C(C)(C)C)cc1. The molecule has 4 nitrogen and oxygen atoms in total. The van der Waals surface area contributed by atoms with Gasteiger partial charge in [-0.25, -0.2) is 0 Å². The van der Waals surface area contributed by atoms with Crippen molar-refractivity contribution < 1.29 is 4.79 Å². The first-order valence-corrected chi connectivity index (χ1v) is 7.05. The van der Waals surface area contributed by atoms with Crippen LogP contribution in [0.25, 0.3) is 0 Å². The molecule has 1 aromatic rings. The molecular formula is C16H27N3O. The summed E-state index contributed by atoms with van der Waals surface area (Å²) in [6.07, 6.45) is 0. The minimum Gasteiger partial charge on any atom is -0.325 e. The smallest absolute Gasteiger partial charge is 0.238 e. The van der Waals surface area contributed by atoms with Crippen LogP contribution in [-0.2, 0) is 10.2 Å². The predicted octanol–water partition coefficient (Wildman–Crippen LogP) is 2.07. The summed E-state index contributed by atoms with van der Waals surface area (Å²) in [5, 5.41) is 6.01. The highest BCUT2D eigenvalue weighted by atomic mass is 16.1. The summed E-state index contributed by atoms with van der Waals surface area (Å²) in [7, 11) is 4.02. The normalized spacial score (nSPS) is 11.7. The predicted molar refractivity (Wildman–Crippen MR) is 85.2 cm³/mol. The third-order valence-corrected chi connectivity index (χ3v) is 3.06. The molecule has 0 atom stereocenters. The van der Waals surface area contributed by atoms with Gasteiger partial charge in [0.2, 0.25) is 5.91 Å².